The topological polar surface area (TPSA) is 126 Å². The van der Waals surface area contributed by atoms with E-state index in [1.54, 1.807) is 39.8 Å². The molecule has 5 atom stereocenters. The molecule has 1 aromatic rings. The van der Waals surface area contributed by atoms with Crippen LogP contribution in [0.15, 0.2) is 29.0 Å². The van der Waals surface area contributed by atoms with E-state index in [-0.39, 0.29) is 35.3 Å². The van der Waals surface area contributed by atoms with Crippen molar-refractivity contribution < 1.29 is 39.4 Å². The molecule has 0 amide bonds. The van der Waals surface area contributed by atoms with E-state index in [0.29, 0.717) is 35.3 Å². The molecule has 2 heterocycles. The first-order valence-corrected chi connectivity index (χ1v) is 13.1. The predicted octanol–water partition coefficient (Wildman–Crippen LogP) is 4.98. The summed E-state index contributed by atoms with van der Waals surface area (Å²) in [7, 11) is 0. The third kappa shape index (κ3) is 4.42. The predicted molar refractivity (Wildman–Crippen MR) is 143 cm³/mol. The number of hydrogen-bond acceptors (Lipinski definition) is 8. The number of phenols is 2. The van der Waals surface area contributed by atoms with Gasteiger partial charge in [0.2, 0.25) is 0 Å². The summed E-state index contributed by atoms with van der Waals surface area (Å²) in [5.41, 5.74) is -0.261. The van der Waals surface area contributed by atoms with Gasteiger partial charge < -0.3 is 34.6 Å². The van der Waals surface area contributed by atoms with Gasteiger partial charge in [0.1, 0.15) is 17.1 Å². The minimum Gasteiger partial charge on any atom is -0.507 e. The van der Waals surface area contributed by atoms with Gasteiger partial charge in [-0.15, -0.1) is 0 Å². The van der Waals surface area contributed by atoms with Crippen LogP contribution in [0.25, 0.3) is 11.6 Å². The van der Waals surface area contributed by atoms with Gasteiger partial charge in [0.05, 0.1) is 29.5 Å². The second-order valence-corrected chi connectivity index (χ2v) is 11.8. The Labute approximate surface area is 224 Å². The largest absolute Gasteiger partial charge is 0.507 e. The Kier molecular flexibility index (Phi) is 7.00. The van der Waals surface area contributed by atoms with E-state index >= 15 is 0 Å². The number of allylic oxidation sites excluding steroid dienone is 3. The molecule has 2 fully saturated rings. The molecule has 8 nitrogen and oxygen atoms in total. The number of carbonyl (C=O) groups is 1. The first kappa shape index (κ1) is 28.2. The number of benzene rings is 1. The fourth-order valence-corrected chi connectivity index (χ4v) is 6.16. The number of hydrogen-bond donors (Lipinski definition) is 4. The second-order valence-electron chi connectivity index (χ2n) is 11.8. The molecule has 1 saturated heterocycles. The smallest absolute Gasteiger partial charge is 0.308 e. The molecule has 1 aliphatic carbocycles. The highest BCUT2D eigenvalue weighted by atomic mass is 16.5. The zero-order valence-electron chi connectivity index (χ0n) is 23.5. The van der Waals surface area contributed by atoms with E-state index < -0.39 is 34.8 Å². The summed E-state index contributed by atoms with van der Waals surface area (Å²) in [6.07, 6.45) is 3.27. The molecule has 4 rings (SSSR count). The molecule has 1 saturated carbocycles. The maximum atomic E-state index is 11.8. The number of carbonyl (C=O) groups excluding carboxylic acids is 1. The highest BCUT2D eigenvalue weighted by Crippen LogP contribution is 2.59. The lowest BCUT2D eigenvalue weighted by molar-refractivity contribution is -0.228. The van der Waals surface area contributed by atoms with Crippen LogP contribution in [0.1, 0.15) is 85.8 Å². The third-order valence-corrected chi connectivity index (χ3v) is 8.62. The van der Waals surface area contributed by atoms with Crippen molar-refractivity contribution in [3.63, 3.8) is 0 Å². The molecular weight excluding hydrogens is 488 g/mol. The quantitative estimate of drug-likeness (QED) is 0.187. The van der Waals surface area contributed by atoms with Gasteiger partial charge in [0.15, 0.2) is 11.5 Å². The van der Waals surface area contributed by atoms with Crippen LogP contribution < -0.4 is 4.74 Å². The summed E-state index contributed by atoms with van der Waals surface area (Å²) >= 11 is 0. The second kappa shape index (κ2) is 9.43. The summed E-state index contributed by atoms with van der Waals surface area (Å²) in [4.78, 5) is 11.8. The summed E-state index contributed by atoms with van der Waals surface area (Å²) in [5, 5.41) is 44.5. The highest BCUT2D eigenvalue weighted by Gasteiger charge is 2.60. The van der Waals surface area contributed by atoms with Crippen LogP contribution in [0.4, 0.5) is 0 Å². The monoisotopic (exact) mass is 528 g/mol. The van der Waals surface area contributed by atoms with E-state index in [0.717, 1.165) is 5.57 Å². The third-order valence-electron chi connectivity index (χ3n) is 8.62. The number of fused-ring (bicyclic) bond motifs is 4. The van der Waals surface area contributed by atoms with E-state index in [2.05, 4.69) is 0 Å². The van der Waals surface area contributed by atoms with Gasteiger partial charge in [0.25, 0.3) is 0 Å². The minimum atomic E-state index is -1.10. The van der Waals surface area contributed by atoms with Crippen LogP contribution in [0.3, 0.4) is 0 Å². The zero-order chi connectivity index (χ0) is 28.4. The minimum absolute atomic E-state index is 0.117. The van der Waals surface area contributed by atoms with Crippen molar-refractivity contribution >= 4 is 17.6 Å². The maximum absolute atomic E-state index is 11.8. The van der Waals surface area contributed by atoms with Gasteiger partial charge in [-0.1, -0.05) is 13.0 Å². The Morgan fingerprint density at radius 2 is 1.87 bits per heavy atom. The molecule has 5 unspecified atom stereocenters. The molecule has 4 N–H and O–H groups in total. The number of aromatic hydroxyl groups is 2. The molecular formula is C30H40O8. The maximum Gasteiger partial charge on any atom is 0.308 e. The molecule has 3 aliphatic rings. The lowest BCUT2D eigenvalue weighted by Gasteiger charge is -2.58. The van der Waals surface area contributed by atoms with Crippen molar-refractivity contribution in [3.05, 3.63) is 40.2 Å². The van der Waals surface area contributed by atoms with Crippen molar-refractivity contribution in [2.75, 3.05) is 0 Å². The summed E-state index contributed by atoms with van der Waals surface area (Å²) in [6, 6.07) is 1.43. The number of esters is 1. The normalized spacial score (nSPS) is 31.7. The molecule has 208 valence electrons. The first-order chi connectivity index (χ1) is 17.5. The Balaban J connectivity index is 1.86. The van der Waals surface area contributed by atoms with Crippen LogP contribution in [0.5, 0.6) is 17.2 Å². The van der Waals surface area contributed by atoms with Crippen molar-refractivity contribution in [1.82, 2.24) is 0 Å². The van der Waals surface area contributed by atoms with Gasteiger partial charge in [-0.3, -0.25) is 4.79 Å². The standard InChI is InChI=1S/C30H40O8/c1-9-15(2)26(36-17(4)31)16(3)18-12-20(32)19-13-21-29(7,38-27(19)25(18)34)11-10-23-30(21,8)22(33)14-24(37-23)28(5,6)35/h9,12-13,22-24,32-35H,10-11,14H2,1-8H3. The van der Waals surface area contributed by atoms with Crippen LogP contribution >= 0.6 is 0 Å². The van der Waals surface area contributed by atoms with E-state index in [1.165, 1.54) is 13.0 Å². The van der Waals surface area contributed by atoms with Crippen LogP contribution in [-0.2, 0) is 14.3 Å². The van der Waals surface area contributed by atoms with Gasteiger partial charge in [-0.2, -0.15) is 0 Å². The van der Waals surface area contributed by atoms with Gasteiger partial charge in [0, 0.05) is 29.9 Å². The highest BCUT2D eigenvalue weighted by molar-refractivity contribution is 5.84. The number of aliphatic hydroxyl groups is 2. The Morgan fingerprint density at radius 3 is 2.45 bits per heavy atom. The summed E-state index contributed by atoms with van der Waals surface area (Å²) in [5.74, 6) is -0.356. The molecule has 0 bridgehead atoms. The molecule has 2 aliphatic heterocycles. The lowest BCUT2D eigenvalue weighted by atomic mass is 9.57. The van der Waals surface area contributed by atoms with E-state index in [1.807, 2.05) is 20.8 Å². The molecule has 0 aromatic heterocycles. The van der Waals surface area contributed by atoms with Crippen LogP contribution in [-0.4, -0.2) is 55.9 Å². The average Bonchev–Trinajstić information content (AvgIpc) is 2.83. The Hall–Kier alpha value is -2.81. The lowest BCUT2D eigenvalue weighted by Crippen LogP contribution is -2.63. The van der Waals surface area contributed by atoms with Crippen molar-refractivity contribution in [1.29, 1.82) is 0 Å². The fourth-order valence-electron chi connectivity index (χ4n) is 6.16. The number of rotatable bonds is 4. The number of aliphatic hydroxyl groups excluding tert-OH is 1. The van der Waals surface area contributed by atoms with Gasteiger partial charge >= 0.3 is 5.97 Å². The van der Waals surface area contributed by atoms with Crippen LogP contribution in [0, 0.1) is 5.41 Å². The summed E-state index contributed by atoms with van der Waals surface area (Å²) < 4.78 is 18.3. The summed E-state index contributed by atoms with van der Waals surface area (Å²) in [6.45, 7) is 13.8. The molecule has 0 spiro atoms. The molecule has 38 heavy (non-hydrogen) atoms. The van der Waals surface area contributed by atoms with Crippen LogP contribution in [0.2, 0.25) is 0 Å². The fraction of sp³-hybridized carbons (Fsp3) is 0.567. The van der Waals surface area contributed by atoms with E-state index in [4.69, 9.17) is 14.2 Å². The molecule has 1 aromatic carbocycles. The molecule has 0 radical (unpaired) electrons. The van der Waals surface area contributed by atoms with E-state index in [9.17, 15) is 25.2 Å². The average molecular weight is 529 g/mol. The number of ether oxygens (including phenoxy) is 3. The van der Waals surface area contributed by atoms with Crippen molar-refractivity contribution in [2.24, 2.45) is 5.41 Å². The van der Waals surface area contributed by atoms with Gasteiger partial charge in [-0.05, 0) is 77.7 Å². The number of phenolic OH excluding ortho intramolecular Hbond substituents is 2. The van der Waals surface area contributed by atoms with Crippen molar-refractivity contribution in [2.45, 2.75) is 104 Å². The van der Waals surface area contributed by atoms with Gasteiger partial charge in [-0.25, -0.2) is 0 Å². The Morgan fingerprint density at radius 1 is 1.21 bits per heavy atom. The zero-order valence-corrected chi connectivity index (χ0v) is 23.5. The molecule has 8 heteroatoms. The Bertz CT molecular complexity index is 1250. The first-order valence-electron chi connectivity index (χ1n) is 13.1. The van der Waals surface area contributed by atoms with Crippen molar-refractivity contribution in [3.8, 4) is 17.2 Å². The SMILES string of the molecule is CC=C(C)C(OC(C)=O)=C(C)c1cc(O)c2c(c1O)OC1(C)CCC3OC(C(C)(C)O)CC(O)C3(C)C1=C2.